The molecular formula is C14H17NO. The number of rotatable bonds is 1. The Kier molecular flexibility index (Phi) is 2.43. The maximum Gasteiger partial charge on any atom is 0.209 e. The molecule has 1 fully saturated rings. The van der Waals surface area contributed by atoms with E-state index < -0.39 is 0 Å². The van der Waals surface area contributed by atoms with E-state index in [2.05, 4.69) is 24.3 Å². The second-order valence-electron chi connectivity index (χ2n) is 4.90. The van der Waals surface area contributed by atoms with Gasteiger partial charge in [0.15, 0.2) is 0 Å². The molecule has 2 nitrogen and oxygen atoms in total. The first kappa shape index (κ1) is 9.88. The maximum atomic E-state index is 11.1. The minimum absolute atomic E-state index is 0.459. The van der Waals surface area contributed by atoms with Gasteiger partial charge in [0.1, 0.15) is 0 Å². The number of hydrogen-bond donors (Lipinski definition) is 0. The number of aryl methyl sites for hydroxylation is 1. The summed E-state index contributed by atoms with van der Waals surface area (Å²) in [6.45, 7) is 0.951. The molecule has 0 aromatic heterocycles. The Morgan fingerprint density at radius 1 is 1.25 bits per heavy atom. The molecular weight excluding hydrogens is 198 g/mol. The van der Waals surface area contributed by atoms with Crippen molar-refractivity contribution in [2.75, 3.05) is 6.54 Å². The van der Waals surface area contributed by atoms with Gasteiger partial charge in [-0.3, -0.25) is 4.79 Å². The molecule has 1 heterocycles. The lowest BCUT2D eigenvalue weighted by Gasteiger charge is -2.43. The highest BCUT2D eigenvalue weighted by Crippen LogP contribution is 2.39. The fourth-order valence-electron chi connectivity index (χ4n) is 3.37. The van der Waals surface area contributed by atoms with Gasteiger partial charge >= 0.3 is 0 Å². The van der Waals surface area contributed by atoms with Gasteiger partial charge in [-0.15, -0.1) is 0 Å². The zero-order valence-electron chi connectivity index (χ0n) is 9.43. The summed E-state index contributed by atoms with van der Waals surface area (Å²) in [5.74, 6) is 0.587. The lowest BCUT2D eigenvalue weighted by atomic mass is 9.74. The van der Waals surface area contributed by atoms with Gasteiger partial charge in [0.25, 0.3) is 0 Å². The van der Waals surface area contributed by atoms with Gasteiger partial charge in [-0.1, -0.05) is 24.3 Å². The first-order chi connectivity index (χ1) is 7.90. The maximum absolute atomic E-state index is 11.1. The van der Waals surface area contributed by atoms with Crippen LogP contribution in [-0.2, 0) is 11.2 Å². The Bertz CT molecular complexity index is 401. The number of carbonyl (C=O) groups excluding carboxylic acids is 1. The van der Waals surface area contributed by atoms with Crippen molar-refractivity contribution in [3.8, 4) is 0 Å². The van der Waals surface area contributed by atoms with Crippen LogP contribution in [-0.4, -0.2) is 23.9 Å². The molecule has 2 atom stereocenters. The van der Waals surface area contributed by atoms with Crippen molar-refractivity contribution in [1.29, 1.82) is 0 Å². The minimum Gasteiger partial charge on any atom is -0.342 e. The molecule has 0 radical (unpaired) electrons. The molecule has 0 unspecified atom stereocenters. The molecule has 0 bridgehead atoms. The van der Waals surface area contributed by atoms with Gasteiger partial charge in [-0.2, -0.15) is 0 Å². The van der Waals surface area contributed by atoms with E-state index in [9.17, 15) is 4.79 Å². The fraction of sp³-hybridized carbons (Fsp3) is 0.500. The minimum atomic E-state index is 0.459. The molecule has 1 aliphatic carbocycles. The first-order valence-electron chi connectivity index (χ1n) is 6.19. The first-order valence-corrected chi connectivity index (χ1v) is 6.19. The van der Waals surface area contributed by atoms with Crippen molar-refractivity contribution < 1.29 is 4.79 Å². The zero-order valence-corrected chi connectivity index (χ0v) is 9.43. The topological polar surface area (TPSA) is 20.3 Å². The van der Waals surface area contributed by atoms with E-state index in [0.717, 1.165) is 32.2 Å². The van der Waals surface area contributed by atoms with Crippen LogP contribution >= 0.6 is 0 Å². The van der Waals surface area contributed by atoms with Crippen LogP contribution in [0.2, 0.25) is 0 Å². The lowest BCUT2D eigenvalue weighted by Crippen LogP contribution is -2.45. The van der Waals surface area contributed by atoms with Gasteiger partial charge in [0.2, 0.25) is 6.41 Å². The third-order valence-corrected chi connectivity index (χ3v) is 4.12. The number of carbonyl (C=O) groups is 1. The van der Waals surface area contributed by atoms with Crippen LogP contribution in [0.4, 0.5) is 0 Å². The van der Waals surface area contributed by atoms with E-state index in [1.165, 1.54) is 17.5 Å². The third kappa shape index (κ3) is 1.44. The summed E-state index contributed by atoms with van der Waals surface area (Å²) in [6, 6.07) is 9.20. The van der Waals surface area contributed by atoms with Crippen LogP contribution in [0.3, 0.4) is 0 Å². The fourth-order valence-corrected chi connectivity index (χ4v) is 3.37. The van der Waals surface area contributed by atoms with Crippen LogP contribution in [0, 0.1) is 0 Å². The predicted octanol–water partition coefficient (Wildman–Crippen LogP) is 2.34. The van der Waals surface area contributed by atoms with E-state index in [-0.39, 0.29) is 0 Å². The molecule has 1 aliphatic heterocycles. The molecule has 0 N–H and O–H groups in total. The smallest absolute Gasteiger partial charge is 0.209 e. The van der Waals surface area contributed by atoms with Gasteiger partial charge in [0.05, 0.1) is 0 Å². The Morgan fingerprint density at radius 2 is 2.12 bits per heavy atom. The van der Waals surface area contributed by atoms with E-state index in [0.29, 0.717) is 12.0 Å². The van der Waals surface area contributed by atoms with Crippen molar-refractivity contribution >= 4 is 6.41 Å². The highest BCUT2D eigenvalue weighted by atomic mass is 16.1. The van der Waals surface area contributed by atoms with E-state index in [1.54, 1.807) is 0 Å². The highest BCUT2D eigenvalue weighted by molar-refractivity contribution is 5.49. The average molecular weight is 215 g/mol. The van der Waals surface area contributed by atoms with Gasteiger partial charge < -0.3 is 4.90 Å². The van der Waals surface area contributed by atoms with Crippen LogP contribution in [0.15, 0.2) is 24.3 Å². The van der Waals surface area contributed by atoms with Crippen molar-refractivity contribution in [1.82, 2.24) is 4.90 Å². The second-order valence-corrected chi connectivity index (χ2v) is 4.90. The van der Waals surface area contributed by atoms with Crippen molar-refractivity contribution in [3.05, 3.63) is 35.4 Å². The summed E-state index contributed by atoms with van der Waals surface area (Å²) in [5, 5.41) is 0. The number of likely N-dealkylation sites (tertiary alicyclic amines) is 1. The third-order valence-electron chi connectivity index (χ3n) is 4.12. The Hall–Kier alpha value is -1.31. The molecule has 84 valence electrons. The number of nitrogens with zero attached hydrogens (tertiary/aromatic N) is 1. The van der Waals surface area contributed by atoms with Crippen LogP contribution in [0.25, 0.3) is 0 Å². The largest absolute Gasteiger partial charge is 0.342 e. The summed E-state index contributed by atoms with van der Waals surface area (Å²) in [6.07, 6.45) is 5.70. The summed E-state index contributed by atoms with van der Waals surface area (Å²) >= 11 is 0. The molecule has 16 heavy (non-hydrogen) atoms. The number of piperidine rings is 1. The number of benzene rings is 1. The van der Waals surface area contributed by atoms with Crippen molar-refractivity contribution in [2.45, 2.75) is 37.6 Å². The normalized spacial score (nSPS) is 28.1. The summed E-state index contributed by atoms with van der Waals surface area (Å²) < 4.78 is 0. The van der Waals surface area contributed by atoms with Crippen molar-refractivity contribution in [2.24, 2.45) is 0 Å². The second kappa shape index (κ2) is 3.93. The van der Waals surface area contributed by atoms with Crippen molar-refractivity contribution in [3.63, 3.8) is 0 Å². The Balaban J connectivity index is 1.97. The van der Waals surface area contributed by atoms with Gasteiger partial charge in [0, 0.05) is 18.5 Å². The molecule has 1 saturated heterocycles. The van der Waals surface area contributed by atoms with Crippen LogP contribution in [0.5, 0.6) is 0 Å². The SMILES string of the molecule is O=CN1CCC[C@H]2c3ccccc3CC[C@H]21. The number of fused-ring (bicyclic) bond motifs is 3. The summed E-state index contributed by atoms with van der Waals surface area (Å²) in [7, 11) is 0. The molecule has 2 aliphatic rings. The molecule has 2 heteroatoms. The zero-order chi connectivity index (χ0) is 11.0. The van der Waals surface area contributed by atoms with Gasteiger partial charge in [-0.05, 0) is 36.8 Å². The molecule has 1 aromatic rings. The lowest BCUT2D eigenvalue weighted by molar-refractivity contribution is -0.122. The standard InChI is InChI=1S/C14H17NO/c16-10-15-9-3-6-13-12-5-2-1-4-11(12)7-8-14(13)15/h1-2,4-5,10,13-14H,3,6-9H2/t13-,14+/m0/s1. The summed E-state index contributed by atoms with van der Waals surface area (Å²) in [4.78, 5) is 13.1. The van der Waals surface area contributed by atoms with E-state index in [4.69, 9.17) is 0 Å². The van der Waals surface area contributed by atoms with E-state index in [1.807, 2.05) is 4.90 Å². The van der Waals surface area contributed by atoms with Gasteiger partial charge in [-0.25, -0.2) is 0 Å². The van der Waals surface area contributed by atoms with Crippen LogP contribution in [0.1, 0.15) is 36.3 Å². The Labute approximate surface area is 96.3 Å². The number of hydrogen-bond acceptors (Lipinski definition) is 1. The molecule has 1 amide bonds. The molecule has 0 saturated carbocycles. The summed E-state index contributed by atoms with van der Waals surface area (Å²) in [5.41, 5.74) is 2.99. The monoisotopic (exact) mass is 215 g/mol. The average Bonchev–Trinajstić information content (AvgIpc) is 2.37. The number of amides is 1. The predicted molar refractivity (Wildman–Crippen MR) is 63.3 cm³/mol. The Morgan fingerprint density at radius 3 is 3.00 bits per heavy atom. The molecule has 1 aromatic carbocycles. The molecule has 0 spiro atoms. The molecule has 3 rings (SSSR count). The van der Waals surface area contributed by atoms with E-state index >= 15 is 0 Å². The quantitative estimate of drug-likeness (QED) is 0.658. The highest BCUT2D eigenvalue weighted by Gasteiger charge is 2.35. The van der Waals surface area contributed by atoms with Crippen LogP contribution < -0.4 is 0 Å².